The van der Waals surface area contributed by atoms with E-state index in [1.807, 2.05) is 31.9 Å². The van der Waals surface area contributed by atoms with Crippen molar-refractivity contribution in [3.05, 3.63) is 18.2 Å². The van der Waals surface area contributed by atoms with Crippen LogP contribution in [0.5, 0.6) is 0 Å². The summed E-state index contributed by atoms with van der Waals surface area (Å²) in [5.74, 6) is 1.00. The van der Waals surface area contributed by atoms with Gasteiger partial charge in [-0.3, -0.25) is 0 Å². The van der Waals surface area contributed by atoms with Crippen LogP contribution in [0.2, 0.25) is 0 Å². The van der Waals surface area contributed by atoms with E-state index in [4.69, 9.17) is 4.74 Å². The van der Waals surface area contributed by atoms with Crippen molar-refractivity contribution in [3.63, 3.8) is 0 Å². The van der Waals surface area contributed by atoms with Gasteiger partial charge in [0, 0.05) is 44.0 Å². The second-order valence-electron chi connectivity index (χ2n) is 7.35. The summed E-state index contributed by atoms with van der Waals surface area (Å²) in [6, 6.07) is 0.633. The van der Waals surface area contributed by atoms with Crippen molar-refractivity contribution in [2.24, 2.45) is 0 Å². The van der Waals surface area contributed by atoms with Gasteiger partial charge >= 0.3 is 6.09 Å². The molecule has 1 fully saturated rings. The van der Waals surface area contributed by atoms with E-state index in [2.05, 4.69) is 22.2 Å². The third-order valence-electron chi connectivity index (χ3n) is 4.04. The molecule has 1 aliphatic heterocycles. The normalized spacial score (nSPS) is 19.8. The Kier molecular flexibility index (Phi) is 6.04. The average molecular weight is 322 g/mol. The molecule has 0 spiro atoms. The van der Waals surface area contributed by atoms with Gasteiger partial charge in [0.1, 0.15) is 11.4 Å². The number of amides is 1. The summed E-state index contributed by atoms with van der Waals surface area (Å²) >= 11 is 0. The first-order valence-corrected chi connectivity index (χ1v) is 8.56. The predicted molar refractivity (Wildman–Crippen MR) is 90.3 cm³/mol. The Labute approximate surface area is 139 Å². The van der Waals surface area contributed by atoms with E-state index in [0.29, 0.717) is 6.04 Å². The lowest BCUT2D eigenvalue weighted by atomic mass is 10.1. The first kappa shape index (κ1) is 17.8. The summed E-state index contributed by atoms with van der Waals surface area (Å²) in [5.41, 5.74) is -0.433. The molecule has 2 atom stereocenters. The molecule has 0 aromatic carbocycles. The molecule has 23 heavy (non-hydrogen) atoms. The van der Waals surface area contributed by atoms with Crippen molar-refractivity contribution in [1.29, 1.82) is 0 Å². The number of nitrogens with zero attached hydrogens (tertiary/aromatic N) is 2. The highest BCUT2D eigenvalue weighted by atomic mass is 16.6. The minimum Gasteiger partial charge on any atom is -0.444 e. The molecule has 1 aromatic rings. The van der Waals surface area contributed by atoms with E-state index in [1.165, 1.54) is 0 Å². The van der Waals surface area contributed by atoms with Crippen molar-refractivity contribution in [2.45, 2.75) is 71.1 Å². The highest BCUT2D eigenvalue weighted by Crippen LogP contribution is 2.24. The predicted octanol–water partition coefficient (Wildman–Crippen LogP) is 2.72. The van der Waals surface area contributed by atoms with Gasteiger partial charge in [-0.05, 0) is 47.0 Å². The Morgan fingerprint density at radius 3 is 3.00 bits per heavy atom. The van der Waals surface area contributed by atoms with E-state index < -0.39 is 5.60 Å². The Hall–Kier alpha value is -1.56. The van der Waals surface area contributed by atoms with Crippen LogP contribution in [0, 0.1) is 0 Å². The van der Waals surface area contributed by atoms with Gasteiger partial charge in [0.2, 0.25) is 0 Å². The number of carbonyl (C=O) groups is 1. The van der Waals surface area contributed by atoms with Crippen molar-refractivity contribution in [1.82, 2.24) is 20.2 Å². The summed E-state index contributed by atoms with van der Waals surface area (Å²) in [6.07, 6.45) is 7.40. The van der Waals surface area contributed by atoms with Crippen LogP contribution in [0.25, 0.3) is 0 Å². The van der Waals surface area contributed by atoms with Crippen molar-refractivity contribution in [2.75, 3.05) is 13.1 Å². The van der Waals surface area contributed by atoms with Gasteiger partial charge in [0.15, 0.2) is 0 Å². The van der Waals surface area contributed by atoms with Crippen LogP contribution < -0.4 is 5.32 Å². The standard InChI is InChI=1S/C17H30N4O2/c1-13(18-8-7-15-19-9-10-20-15)12-14-6-5-11-21(14)16(22)23-17(2,3)4/h9-10,13-14,18H,5-8,11-12H2,1-4H3,(H,19,20). The number of nitrogens with one attached hydrogen (secondary N) is 2. The number of rotatable bonds is 6. The number of ether oxygens (including phenoxy) is 1. The molecule has 2 rings (SSSR count). The largest absolute Gasteiger partial charge is 0.444 e. The van der Waals surface area contributed by atoms with Gasteiger partial charge in [-0.25, -0.2) is 9.78 Å². The van der Waals surface area contributed by atoms with E-state index in [1.54, 1.807) is 6.20 Å². The first-order valence-electron chi connectivity index (χ1n) is 8.56. The molecule has 130 valence electrons. The molecule has 1 aliphatic rings. The van der Waals surface area contributed by atoms with Crippen LogP contribution in [0.4, 0.5) is 4.79 Å². The number of aromatic amines is 1. The van der Waals surface area contributed by atoms with E-state index in [9.17, 15) is 4.79 Å². The van der Waals surface area contributed by atoms with E-state index in [0.717, 1.165) is 44.6 Å². The van der Waals surface area contributed by atoms with Crippen molar-refractivity contribution < 1.29 is 9.53 Å². The van der Waals surface area contributed by atoms with Gasteiger partial charge in [-0.1, -0.05) is 0 Å². The maximum absolute atomic E-state index is 12.3. The van der Waals surface area contributed by atoms with Crippen LogP contribution in [0.3, 0.4) is 0 Å². The molecular weight excluding hydrogens is 292 g/mol. The molecule has 6 nitrogen and oxygen atoms in total. The monoisotopic (exact) mass is 322 g/mol. The van der Waals surface area contributed by atoms with Crippen LogP contribution in [-0.2, 0) is 11.2 Å². The molecule has 1 aromatic heterocycles. The molecule has 6 heteroatoms. The molecule has 1 amide bonds. The quantitative estimate of drug-likeness (QED) is 0.845. The molecule has 0 radical (unpaired) electrons. The number of hydrogen-bond donors (Lipinski definition) is 2. The zero-order chi connectivity index (χ0) is 16.9. The summed E-state index contributed by atoms with van der Waals surface area (Å²) in [4.78, 5) is 21.5. The molecule has 0 aliphatic carbocycles. The minimum absolute atomic E-state index is 0.178. The summed E-state index contributed by atoms with van der Waals surface area (Å²) in [7, 11) is 0. The van der Waals surface area contributed by atoms with Gasteiger partial charge in [0.25, 0.3) is 0 Å². The molecule has 0 bridgehead atoms. The third kappa shape index (κ3) is 5.86. The fraction of sp³-hybridized carbons (Fsp3) is 0.765. The second-order valence-corrected chi connectivity index (χ2v) is 7.35. The molecule has 0 saturated carbocycles. The van der Waals surface area contributed by atoms with Crippen LogP contribution in [0.1, 0.15) is 52.8 Å². The average Bonchev–Trinajstić information content (AvgIpc) is 3.07. The fourth-order valence-electron chi connectivity index (χ4n) is 3.00. The first-order chi connectivity index (χ1) is 10.8. The highest BCUT2D eigenvalue weighted by Gasteiger charge is 2.32. The van der Waals surface area contributed by atoms with Crippen molar-refractivity contribution >= 4 is 6.09 Å². The zero-order valence-electron chi connectivity index (χ0n) is 14.8. The Bertz CT molecular complexity index is 481. The van der Waals surface area contributed by atoms with Gasteiger partial charge in [-0.2, -0.15) is 0 Å². The number of carbonyl (C=O) groups excluding carboxylic acids is 1. The number of aromatic nitrogens is 2. The topological polar surface area (TPSA) is 70.2 Å². The Morgan fingerprint density at radius 2 is 2.35 bits per heavy atom. The molecule has 2 N–H and O–H groups in total. The summed E-state index contributed by atoms with van der Waals surface area (Å²) < 4.78 is 5.52. The van der Waals surface area contributed by atoms with Crippen LogP contribution >= 0.6 is 0 Å². The fourth-order valence-corrected chi connectivity index (χ4v) is 3.00. The number of hydrogen-bond acceptors (Lipinski definition) is 4. The molecule has 2 heterocycles. The number of likely N-dealkylation sites (tertiary alicyclic amines) is 1. The lowest BCUT2D eigenvalue weighted by Gasteiger charge is -2.30. The summed E-state index contributed by atoms with van der Waals surface area (Å²) in [5, 5.41) is 3.52. The van der Waals surface area contributed by atoms with Gasteiger partial charge in [-0.15, -0.1) is 0 Å². The lowest BCUT2D eigenvalue weighted by molar-refractivity contribution is 0.0215. The van der Waals surface area contributed by atoms with E-state index >= 15 is 0 Å². The number of imidazole rings is 1. The van der Waals surface area contributed by atoms with Crippen LogP contribution in [0.15, 0.2) is 12.4 Å². The third-order valence-corrected chi connectivity index (χ3v) is 4.04. The van der Waals surface area contributed by atoms with Crippen LogP contribution in [-0.4, -0.2) is 51.7 Å². The van der Waals surface area contributed by atoms with Crippen molar-refractivity contribution in [3.8, 4) is 0 Å². The second kappa shape index (κ2) is 7.81. The zero-order valence-corrected chi connectivity index (χ0v) is 14.8. The van der Waals surface area contributed by atoms with Gasteiger partial charge < -0.3 is 19.9 Å². The Morgan fingerprint density at radius 1 is 1.57 bits per heavy atom. The minimum atomic E-state index is -0.433. The lowest BCUT2D eigenvalue weighted by Crippen LogP contribution is -2.42. The van der Waals surface area contributed by atoms with Gasteiger partial charge in [0.05, 0.1) is 0 Å². The number of H-pyrrole nitrogens is 1. The molecular formula is C17H30N4O2. The maximum atomic E-state index is 12.3. The highest BCUT2D eigenvalue weighted by molar-refractivity contribution is 5.68. The molecule has 2 unspecified atom stereocenters. The molecule has 1 saturated heterocycles. The van der Waals surface area contributed by atoms with E-state index in [-0.39, 0.29) is 12.1 Å². The maximum Gasteiger partial charge on any atom is 0.410 e. The SMILES string of the molecule is CC(CC1CCCN1C(=O)OC(C)(C)C)NCCc1ncc[nH]1. The Balaban J connectivity index is 1.75. The summed E-state index contributed by atoms with van der Waals surface area (Å²) in [6.45, 7) is 9.60. The smallest absolute Gasteiger partial charge is 0.410 e.